The van der Waals surface area contributed by atoms with E-state index in [0.29, 0.717) is 12.0 Å². The molecular weight excluding hydrogens is 412 g/mol. The Hall–Kier alpha value is -0.760. The van der Waals surface area contributed by atoms with E-state index in [4.69, 9.17) is 11.6 Å². The average molecular weight is 431 g/mol. The molecule has 1 aliphatic heterocycles. The number of ketones is 2. The summed E-state index contributed by atoms with van der Waals surface area (Å²) in [4.78, 5) is 26.5. The minimum atomic E-state index is -3.43. The van der Waals surface area contributed by atoms with Crippen LogP contribution in [0.15, 0.2) is 27.5 Å². The van der Waals surface area contributed by atoms with Crippen LogP contribution in [0.1, 0.15) is 42.1 Å². The number of Topliss-reactive ketones (excluding diaryl/α,β-unsaturated/α-hetero) is 2. The van der Waals surface area contributed by atoms with Crippen LogP contribution < -0.4 is 0 Å². The van der Waals surface area contributed by atoms with E-state index in [1.165, 1.54) is 35.7 Å². The zero-order valence-electron chi connectivity index (χ0n) is 14.5. The van der Waals surface area contributed by atoms with Crippen LogP contribution in [0.5, 0.6) is 0 Å². The number of fused-ring (bicyclic) bond motifs is 1. The van der Waals surface area contributed by atoms with Gasteiger partial charge in [0.15, 0.2) is 21.4 Å². The molecule has 0 saturated carbocycles. The number of carbonyl (C=O) groups excluding carboxylic acids is 2. The zero-order valence-corrected chi connectivity index (χ0v) is 17.7. The average Bonchev–Trinajstić information content (AvgIpc) is 2.86. The van der Waals surface area contributed by atoms with Crippen molar-refractivity contribution in [2.24, 2.45) is 0 Å². The highest BCUT2D eigenvalue weighted by molar-refractivity contribution is 8.13. The highest BCUT2D eigenvalue weighted by atomic mass is 35.5. The zero-order chi connectivity index (χ0) is 19.1. The smallest absolute Gasteiger partial charge is 0.198 e. The second-order valence-electron chi connectivity index (χ2n) is 6.16. The molecule has 0 saturated heterocycles. The van der Waals surface area contributed by atoms with Gasteiger partial charge in [0, 0.05) is 18.4 Å². The molecule has 1 aliphatic carbocycles. The maximum Gasteiger partial charge on any atom is 0.198 e. The lowest BCUT2D eigenvalue weighted by Crippen LogP contribution is -2.19. The van der Waals surface area contributed by atoms with E-state index < -0.39 is 14.4 Å². The van der Waals surface area contributed by atoms with Gasteiger partial charge in [-0.2, -0.15) is 0 Å². The van der Waals surface area contributed by atoms with Crippen molar-refractivity contribution in [1.82, 2.24) is 0 Å². The first kappa shape index (κ1) is 20.0. The summed E-state index contributed by atoms with van der Waals surface area (Å²) >= 11 is 9.23. The number of benzene rings is 1. The number of sulfone groups is 1. The van der Waals surface area contributed by atoms with Gasteiger partial charge < -0.3 is 0 Å². The van der Waals surface area contributed by atoms with Crippen molar-refractivity contribution in [3.8, 4) is 0 Å². The molecule has 1 atom stereocenters. The van der Waals surface area contributed by atoms with Gasteiger partial charge in [0.25, 0.3) is 0 Å². The van der Waals surface area contributed by atoms with E-state index in [9.17, 15) is 18.0 Å². The second-order valence-corrected chi connectivity index (χ2v) is 11.3. The molecule has 1 aromatic carbocycles. The highest BCUT2D eigenvalue weighted by Crippen LogP contribution is 2.42. The van der Waals surface area contributed by atoms with Gasteiger partial charge in [0.05, 0.1) is 15.5 Å². The third-order valence-corrected chi connectivity index (χ3v) is 10.0. The van der Waals surface area contributed by atoms with Gasteiger partial charge in [-0.3, -0.25) is 9.59 Å². The van der Waals surface area contributed by atoms with Gasteiger partial charge >= 0.3 is 0 Å². The number of hydrogen-bond acceptors (Lipinski definition) is 6. The lowest BCUT2D eigenvalue weighted by Gasteiger charge is -2.18. The summed E-state index contributed by atoms with van der Waals surface area (Å²) in [6.07, 6.45) is 3.86. The van der Waals surface area contributed by atoms with Gasteiger partial charge in [-0.05, 0) is 47.5 Å². The summed E-state index contributed by atoms with van der Waals surface area (Å²) in [6, 6.07) is 2.91. The fourth-order valence-electron chi connectivity index (χ4n) is 3.39. The normalized spacial score (nSPS) is 21.8. The molecule has 0 bridgehead atoms. The van der Waals surface area contributed by atoms with Crippen molar-refractivity contribution in [3.05, 3.63) is 38.8 Å². The molecule has 0 fully saturated rings. The first-order valence-electron chi connectivity index (χ1n) is 8.34. The molecule has 140 valence electrons. The molecule has 26 heavy (non-hydrogen) atoms. The van der Waals surface area contributed by atoms with Crippen LogP contribution in [0.25, 0.3) is 0 Å². The Labute approximate surface area is 167 Å². The molecule has 0 aromatic heterocycles. The predicted molar refractivity (Wildman–Crippen MR) is 108 cm³/mol. The molecule has 8 heteroatoms. The number of hydrogen-bond donors (Lipinski definition) is 0. The molecule has 3 rings (SSSR count). The van der Waals surface area contributed by atoms with Crippen LogP contribution in [0, 0.1) is 0 Å². The minimum Gasteiger partial charge on any atom is -0.294 e. The molecule has 0 radical (unpaired) electrons. The van der Waals surface area contributed by atoms with Crippen LogP contribution in [-0.4, -0.2) is 36.6 Å². The fraction of sp³-hybridized carbons (Fsp3) is 0.444. The number of carbonyl (C=O) groups is 2. The summed E-state index contributed by atoms with van der Waals surface area (Å²) in [5.74, 6) is 0.247. The van der Waals surface area contributed by atoms with Crippen molar-refractivity contribution in [2.45, 2.75) is 42.1 Å². The second kappa shape index (κ2) is 7.70. The summed E-state index contributed by atoms with van der Waals surface area (Å²) in [7, 11) is -3.43. The van der Waals surface area contributed by atoms with E-state index in [0.717, 1.165) is 23.5 Å². The van der Waals surface area contributed by atoms with Crippen LogP contribution in [0.3, 0.4) is 0 Å². The molecule has 0 amide bonds. The monoisotopic (exact) mass is 430 g/mol. The van der Waals surface area contributed by atoms with Crippen molar-refractivity contribution in [3.63, 3.8) is 0 Å². The molecule has 1 aromatic rings. The minimum absolute atomic E-state index is 0.150. The highest BCUT2D eigenvalue weighted by Gasteiger charge is 2.39. The fourth-order valence-corrected chi connectivity index (χ4v) is 7.87. The first-order valence-corrected chi connectivity index (χ1v) is 12.5. The van der Waals surface area contributed by atoms with Crippen LogP contribution >= 0.6 is 35.1 Å². The van der Waals surface area contributed by atoms with Gasteiger partial charge in [0.1, 0.15) is 4.58 Å². The standard InChI is InChI=1S/C18H19ClO4S3/c1-3-25-13-6-4-5-12(20)16(13)18(21)10-7-8-14-11(17(10)19)9-15(24-2)26(14,22)23/h7-8,15H,3-6,9H2,1-2H3. The van der Waals surface area contributed by atoms with E-state index >= 15 is 0 Å². The Morgan fingerprint density at radius 3 is 2.69 bits per heavy atom. The van der Waals surface area contributed by atoms with E-state index in [1.54, 1.807) is 6.26 Å². The SMILES string of the molecule is CCSC1=C(C(=O)c2ccc3c(c2Cl)CC(SC)S3(=O)=O)C(=O)CCC1. The quantitative estimate of drug-likeness (QED) is 0.512. The molecule has 1 heterocycles. The van der Waals surface area contributed by atoms with E-state index in [-0.39, 0.29) is 39.0 Å². The van der Waals surface area contributed by atoms with Crippen molar-refractivity contribution < 1.29 is 18.0 Å². The topological polar surface area (TPSA) is 68.3 Å². The third kappa shape index (κ3) is 3.28. The number of allylic oxidation sites excluding steroid dienone is 2. The largest absolute Gasteiger partial charge is 0.294 e. The maximum absolute atomic E-state index is 13.1. The number of rotatable bonds is 5. The van der Waals surface area contributed by atoms with Gasteiger partial charge in [-0.1, -0.05) is 18.5 Å². The van der Waals surface area contributed by atoms with Crippen LogP contribution in [0.4, 0.5) is 0 Å². The molecule has 4 nitrogen and oxygen atoms in total. The Balaban J connectivity index is 2.09. The molecule has 2 aliphatic rings. The van der Waals surface area contributed by atoms with E-state index in [2.05, 4.69) is 0 Å². The number of halogens is 1. The Bertz CT molecular complexity index is 919. The van der Waals surface area contributed by atoms with Crippen molar-refractivity contribution in [1.29, 1.82) is 0 Å². The summed E-state index contributed by atoms with van der Waals surface area (Å²) < 4.78 is 24.4. The van der Waals surface area contributed by atoms with Crippen molar-refractivity contribution in [2.75, 3.05) is 12.0 Å². The van der Waals surface area contributed by atoms with Gasteiger partial charge in [-0.15, -0.1) is 23.5 Å². The summed E-state index contributed by atoms with van der Waals surface area (Å²) in [6.45, 7) is 1.98. The van der Waals surface area contributed by atoms with Gasteiger partial charge in [-0.25, -0.2) is 8.42 Å². The molecule has 0 spiro atoms. The van der Waals surface area contributed by atoms with E-state index in [1.807, 2.05) is 6.92 Å². The lowest BCUT2D eigenvalue weighted by atomic mass is 9.91. The Kier molecular flexibility index (Phi) is 5.92. The number of thioether (sulfide) groups is 2. The third-order valence-electron chi connectivity index (χ3n) is 4.64. The maximum atomic E-state index is 13.1. The van der Waals surface area contributed by atoms with Crippen molar-refractivity contribution >= 4 is 56.5 Å². The Morgan fingerprint density at radius 2 is 2.04 bits per heavy atom. The lowest BCUT2D eigenvalue weighted by molar-refractivity contribution is -0.115. The summed E-state index contributed by atoms with van der Waals surface area (Å²) in [5.41, 5.74) is 0.944. The predicted octanol–water partition coefficient (Wildman–Crippen LogP) is 4.30. The van der Waals surface area contributed by atoms with Gasteiger partial charge in [0.2, 0.25) is 0 Å². The van der Waals surface area contributed by atoms with Crippen LogP contribution in [-0.2, 0) is 21.1 Å². The Morgan fingerprint density at radius 1 is 1.31 bits per heavy atom. The molecule has 1 unspecified atom stereocenters. The first-order chi connectivity index (χ1) is 12.3. The summed E-state index contributed by atoms with van der Waals surface area (Å²) in [5, 5.41) is 0.166. The molecular formula is C18H19ClO4S3. The molecule has 0 N–H and O–H groups in total. The van der Waals surface area contributed by atoms with Crippen LogP contribution in [0.2, 0.25) is 5.02 Å².